The number of piperidine rings is 1. The minimum atomic E-state index is -2.72. The number of amides is 2. The maximum absolute atomic E-state index is 13.5. The van der Waals surface area contributed by atoms with Crippen molar-refractivity contribution in [1.82, 2.24) is 20.2 Å². The van der Waals surface area contributed by atoms with Crippen LogP contribution in [0.1, 0.15) is 40.1 Å². The molecule has 3 aromatic heterocycles. The minimum Gasteiger partial charge on any atom is -0.459 e. The third kappa shape index (κ3) is 6.11. The Morgan fingerprint density at radius 3 is 2.64 bits per heavy atom. The Morgan fingerprint density at radius 2 is 1.90 bits per heavy atom. The standard InChI is InChI=1S/C29H27F2N5O3/c1-18-12-24-20(13-21(16-33-24)28(38)36-10-8-29(30,31)9-11-36)14-23(18)25-5-4-22(39-25)17-35-27(37)7-3-19-2-6-26(32)34-15-19/h2-7,12-16H,8-11,17H2,1H3,(H2,32,34)(H,35,37)/b7-3+. The first-order chi connectivity index (χ1) is 18.7. The summed E-state index contributed by atoms with van der Waals surface area (Å²) in [5.74, 6) is -1.72. The summed E-state index contributed by atoms with van der Waals surface area (Å²) in [5.41, 5.74) is 9.13. The first-order valence-corrected chi connectivity index (χ1v) is 12.5. The van der Waals surface area contributed by atoms with E-state index in [9.17, 15) is 18.4 Å². The Bertz CT molecular complexity index is 1550. The number of rotatable bonds is 6. The van der Waals surface area contributed by atoms with E-state index in [4.69, 9.17) is 10.2 Å². The number of nitrogen functional groups attached to an aromatic ring is 1. The quantitative estimate of drug-likeness (QED) is 0.339. The predicted molar refractivity (Wildman–Crippen MR) is 144 cm³/mol. The van der Waals surface area contributed by atoms with Gasteiger partial charge >= 0.3 is 0 Å². The van der Waals surface area contributed by atoms with Crippen molar-refractivity contribution in [1.29, 1.82) is 0 Å². The van der Waals surface area contributed by atoms with Crippen molar-refractivity contribution in [2.45, 2.75) is 32.2 Å². The predicted octanol–water partition coefficient (Wildman–Crippen LogP) is 4.98. The molecule has 0 saturated carbocycles. The number of nitrogens with zero attached hydrogens (tertiary/aromatic N) is 3. The van der Waals surface area contributed by atoms with Crippen molar-refractivity contribution in [3.8, 4) is 11.3 Å². The molecule has 1 aliphatic heterocycles. The molecule has 39 heavy (non-hydrogen) atoms. The molecular weight excluding hydrogens is 504 g/mol. The van der Waals surface area contributed by atoms with E-state index < -0.39 is 5.92 Å². The van der Waals surface area contributed by atoms with E-state index in [-0.39, 0.29) is 44.3 Å². The number of nitrogens with two attached hydrogens (primary N) is 1. The van der Waals surface area contributed by atoms with Gasteiger partial charge in [-0.15, -0.1) is 0 Å². The molecule has 3 N–H and O–H groups in total. The van der Waals surface area contributed by atoms with Crippen LogP contribution in [-0.4, -0.2) is 45.7 Å². The highest BCUT2D eigenvalue weighted by atomic mass is 19.3. The van der Waals surface area contributed by atoms with Gasteiger partial charge in [-0.05, 0) is 66.6 Å². The largest absolute Gasteiger partial charge is 0.459 e. The zero-order valence-corrected chi connectivity index (χ0v) is 21.3. The fraction of sp³-hybridized carbons (Fsp3) is 0.241. The Kier molecular flexibility index (Phi) is 7.10. The first kappa shape index (κ1) is 26.0. The van der Waals surface area contributed by atoms with E-state index in [0.29, 0.717) is 28.4 Å². The second kappa shape index (κ2) is 10.6. The van der Waals surface area contributed by atoms with Crippen LogP contribution in [0.3, 0.4) is 0 Å². The number of aromatic nitrogens is 2. The Labute approximate surface area is 223 Å². The lowest BCUT2D eigenvalue weighted by Crippen LogP contribution is -2.42. The molecular formula is C29H27F2N5O3. The van der Waals surface area contributed by atoms with Crippen molar-refractivity contribution in [2.24, 2.45) is 0 Å². The molecule has 0 radical (unpaired) electrons. The highest BCUT2D eigenvalue weighted by Crippen LogP contribution is 2.31. The summed E-state index contributed by atoms with van der Waals surface area (Å²) in [6.07, 6.45) is 5.45. The SMILES string of the molecule is Cc1cc2ncc(C(=O)N3CCC(F)(F)CC3)cc2cc1-c1ccc(CNC(=O)/C=C/c2ccc(N)nc2)o1. The molecule has 0 atom stereocenters. The first-order valence-electron chi connectivity index (χ1n) is 12.5. The van der Waals surface area contributed by atoms with Crippen LogP contribution in [0.15, 0.2) is 65.4 Å². The summed E-state index contributed by atoms with van der Waals surface area (Å²) < 4.78 is 33.0. The lowest BCUT2D eigenvalue weighted by atomic mass is 10.0. The molecule has 10 heteroatoms. The van der Waals surface area contributed by atoms with Crippen LogP contribution in [0.25, 0.3) is 28.3 Å². The van der Waals surface area contributed by atoms with Crippen LogP contribution in [0, 0.1) is 6.92 Å². The van der Waals surface area contributed by atoms with Crippen LogP contribution in [0.2, 0.25) is 0 Å². The Morgan fingerprint density at radius 1 is 1.10 bits per heavy atom. The molecule has 0 bridgehead atoms. The van der Waals surface area contributed by atoms with Crippen molar-refractivity contribution in [3.05, 3.63) is 83.4 Å². The highest BCUT2D eigenvalue weighted by molar-refractivity contribution is 5.98. The summed E-state index contributed by atoms with van der Waals surface area (Å²) in [6, 6.07) is 12.6. The average Bonchev–Trinajstić information content (AvgIpc) is 3.39. The van der Waals surface area contributed by atoms with Gasteiger partial charge in [0, 0.05) is 55.4 Å². The zero-order chi connectivity index (χ0) is 27.6. The van der Waals surface area contributed by atoms with Gasteiger partial charge in [0.1, 0.15) is 17.3 Å². The molecule has 1 aromatic carbocycles. The van der Waals surface area contributed by atoms with E-state index in [1.165, 1.54) is 17.2 Å². The molecule has 1 fully saturated rings. The number of carbonyl (C=O) groups excluding carboxylic acids is 2. The van der Waals surface area contributed by atoms with Crippen molar-refractivity contribution in [2.75, 3.05) is 18.8 Å². The molecule has 200 valence electrons. The molecule has 0 aliphatic carbocycles. The summed E-state index contributed by atoms with van der Waals surface area (Å²) in [7, 11) is 0. The van der Waals surface area contributed by atoms with Crippen LogP contribution in [0.5, 0.6) is 0 Å². The number of anilines is 1. The van der Waals surface area contributed by atoms with Gasteiger partial charge < -0.3 is 20.4 Å². The minimum absolute atomic E-state index is 0.0170. The van der Waals surface area contributed by atoms with Gasteiger partial charge in [0.2, 0.25) is 5.91 Å². The molecule has 0 spiro atoms. The van der Waals surface area contributed by atoms with E-state index in [1.807, 2.05) is 25.1 Å². The second-order valence-corrected chi connectivity index (χ2v) is 9.57. The zero-order valence-electron chi connectivity index (χ0n) is 21.3. The molecule has 4 aromatic rings. The van der Waals surface area contributed by atoms with E-state index >= 15 is 0 Å². The molecule has 1 aliphatic rings. The monoisotopic (exact) mass is 531 g/mol. The molecule has 0 unspecified atom stereocenters. The lowest BCUT2D eigenvalue weighted by Gasteiger charge is -2.31. The number of hydrogen-bond donors (Lipinski definition) is 2. The second-order valence-electron chi connectivity index (χ2n) is 9.57. The maximum atomic E-state index is 13.5. The Balaban J connectivity index is 1.27. The van der Waals surface area contributed by atoms with Crippen molar-refractivity contribution in [3.63, 3.8) is 0 Å². The van der Waals surface area contributed by atoms with E-state index in [2.05, 4.69) is 15.3 Å². The van der Waals surface area contributed by atoms with Crippen LogP contribution >= 0.6 is 0 Å². The van der Waals surface area contributed by atoms with Gasteiger partial charge in [0.15, 0.2) is 0 Å². The number of furan rings is 1. The summed E-state index contributed by atoms with van der Waals surface area (Å²) >= 11 is 0. The van der Waals surface area contributed by atoms with Crippen LogP contribution in [-0.2, 0) is 11.3 Å². The lowest BCUT2D eigenvalue weighted by molar-refractivity contribution is -0.116. The van der Waals surface area contributed by atoms with Gasteiger partial charge in [-0.2, -0.15) is 0 Å². The number of benzene rings is 1. The third-order valence-corrected chi connectivity index (χ3v) is 6.66. The van der Waals surface area contributed by atoms with Gasteiger partial charge in [0.05, 0.1) is 17.6 Å². The number of halogens is 2. The van der Waals surface area contributed by atoms with Crippen LogP contribution < -0.4 is 11.1 Å². The smallest absolute Gasteiger partial charge is 0.255 e. The summed E-state index contributed by atoms with van der Waals surface area (Å²) in [6.45, 7) is 2.17. The van der Waals surface area contributed by atoms with Gasteiger partial charge in [-0.25, -0.2) is 13.8 Å². The molecule has 8 nitrogen and oxygen atoms in total. The number of carbonyl (C=O) groups is 2. The Hall–Kier alpha value is -4.60. The number of nitrogens with one attached hydrogen (secondary N) is 1. The number of hydrogen-bond acceptors (Lipinski definition) is 6. The normalized spacial score (nSPS) is 15.1. The van der Waals surface area contributed by atoms with Gasteiger partial charge in [-0.3, -0.25) is 14.6 Å². The van der Waals surface area contributed by atoms with Gasteiger partial charge in [-0.1, -0.05) is 0 Å². The average molecular weight is 532 g/mol. The van der Waals surface area contributed by atoms with Crippen molar-refractivity contribution >= 4 is 34.6 Å². The number of aryl methyl sites for hydroxylation is 1. The van der Waals surface area contributed by atoms with E-state index in [1.54, 1.807) is 36.5 Å². The fourth-order valence-corrected chi connectivity index (χ4v) is 4.42. The number of fused-ring (bicyclic) bond motifs is 1. The molecule has 4 heterocycles. The number of alkyl halides is 2. The number of likely N-dealkylation sites (tertiary alicyclic amines) is 1. The third-order valence-electron chi connectivity index (χ3n) is 6.66. The maximum Gasteiger partial charge on any atom is 0.255 e. The fourth-order valence-electron chi connectivity index (χ4n) is 4.42. The summed E-state index contributed by atoms with van der Waals surface area (Å²) in [4.78, 5) is 35.0. The molecule has 1 saturated heterocycles. The van der Waals surface area contributed by atoms with Crippen molar-refractivity contribution < 1.29 is 22.8 Å². The molecule has 2 amide bonds. The number of pyridine rings is 2. The van der Waals surface area contributed by atoms with Gasteiger partial charge in [0.25, 0.3) is 11.8 Å². The molecule has 5 rings (SSSR count). The van der Waals surface area contributed by atoms with Crippen LogP contribution in [0.4, 0.5) is 14.6 Å². The summed E-state index contributed by atoms with van der Waals surface area (Å²) in [5, 5.41) is 3.52. The van der Waals surface area contributed by atoms with E-state index in [0.717, 1.165) is 22.1 Å². The topological polar surface area (TPSA) is 114 Å². The highest BCUT2D eigenvalue weighted by Gasteiger charge is 2.35.